The molecule has 0 bridgehead atoms. The number of hydrogen-bond acceptors (Lipinski definition) is 3. The van der Waals surface area contributed by atoms with Gasteiger partial charge in [-0.3, -0.25) is 0 Å². The van der Waals surface area contributed by atoms with Crippen LogP contribution in [-0.2, 0) is 22.4 Å². The van der Waals surface area contributed by atoms with E-state index in [1.165, 1.54) is 0 Å². The van der Waals surface area contributed by atoms with Crippen LogP contribution in [0.2, 0.25) is 0 Å². The number of rotatable bonds is 0. The summed E-state index contributed by atoms with van der Waals surface area (Å²) in [5.74, 6) is 0. The topological polar surface area (TPSA) is 112 Å². The average molecular weight is 431 g/mol. The zero-order chi connectivity index (χ0) is 10.7. The van der Waals surface area contributed by atoms with Crippen molar-refractivity contribution in [2.75, 3.05) is 0 Å². The maximum absolute atomic E-state index is 8.86. The Balaban J connectivity index is -0.0000000450. The van der Waals surface area contributed by atoms with Crippen LogP contribution in [0.4, 0.5) is 14.4 Å². The quantitative estimate of drug-likeness (QED) is 0.258. The Morgan fingerprint density at radius 3 is 0.692 bits per heavy atom. The fourth-order valence-corrected chi connectivity index (χ4v) is 0. The molecule has 0 fully saturated rings. The molecule has 3 N–H and O–H groups in total. The fourth-order valence-electron chi connectivity index (χ4n) is 0. The van der Waals surface area contributed by atoms with Gasteiger partial charge in [0.1, 0.15) is 0 Å². The van der Waals surface area contributed by atoms with Gasteiger partial charge in [-0.15, -0.1) is 0 Å². The molecule has 0 aromatic carbocycles. The Morgan fingerprint density at radius 2 is 0.692 bits per heavy atom. The second-order valence-electron chi connectivity index (χ2n) is 0.848. The molecule has 0 unspecified atom stereocenters. The first kappa shape index (κ1) is 23.2. The molecule has 13 heavy (non-hydrogen) atoms. The Kier molecular flexibility index (Phi) is 32.3. The van der Waals surface area contributed by atoms with Gasteiger partial charge in [0.05, 0.1) is 0 Å². The Bertz CT molecular complexity index is 121. The van der Waals surface area contributed by atoms with Gasteiger partial charge >= 0.3 is 15.9 Å². The molecule has 0 saturated heterocycles. The summed E-state index contributed by atoms with van der Waals surface area (Å²) in [6.07, 6.45) is 0. The number of hydrogen-bond donors (Lipinski definition) is 6. The Labute approximate surface area is 105 Å². The molecule has 6 nitrogen and oxygen atoms in total. The van der Waals surface area contributed by atoms with Gasteiger partial charge in [0.2, 0.25) is 0 Å². The summed E-state index contributed by atoms with van der Waals surface area (Å²) in [6, 6.07) is 0. The van der Waals surface area contributed by atoms with E-state index in [0.29, 0.717) is 0 Å². The van der Waals surface area contributed by atoms with Crippen molar-refractivity contribution >= 4 is 53.8 Å². The molecule has 0 aliphatic carbocycles. The minimum absolute atomic E-state index is 0. The maximum Gasteiger partial charge on any atom is 0.361 e. The van der Waals surface area contributed by atoms with E-state index in [0.717, 1.165) is 0 Å². The van der Waals surface area contributed by atoms with Crippen molar-refractivity contribution in [3.05, 3.63) is 0 Å². The van der Waals surface area contributed by atoms with Crippen molar-refractivity contribution in [1.82, 2.24) is 0 Å². The van der Waals surface area contributed by atoms with Crippen molar-refractivity contribution in [3.8, 4) is 0 Å². The molecule has 0 aliphatic heterocycles. The van der Waals surface area contributed by atoms with Gasteiger partial charge in [-0.2, -0.15) is 0 Å². The first-order valence-electron chi connectivity index (χ1n) is 1.95. The standard InChI is InChI=1S/3CH2O2S.Au/c3*2-1(3)4;/h3*4H,(H,2,3);. The van der Waals surface area contributed by atoms with Gasteiger partial charge in [-0.25, -0.2) is 14.4 Å². The molecular formula is C3H6AuO6S3. The Morgan fingerprint density at radius 1 is 0.692 bits per heavy atom. The first-order valence-corrected chi connectivity index (χ1v) is 3.30. The predicted molar refractivity (Wildman–Crippen MR) is 51.0 cm³/mol. The van der Waals surface area contributed by atoms with Crippen LogP contribution in [0.5, 0.6) is 0 Å². The van der Waals surface area contributed by atoms with E-state index in [-0.39, 0.29) is 22.4 Å². The average Bonchev–Trinajstić information content (AvgIpc) is 1.54. The molecule has 0 aromatic heterocycles. The van der Waals surface area contributed by atoms with Gasteiger partial charge in [0.15, 0.2) is 0 Å². The van der Waals surface area contributed by atoms with Crippen molar-refractivity contribution in [2.45, 2.75) is 0 Å². The molecule has 0 amide bonds. The van der Waals surface area contributed by atoms with E-state index in [4.69, 9.17) is 29.7 Å². The zero-order valence-corrected chi connectivity index (χ0v) is 10.6. The van der Waals surface area contributed by atoms with Gasteiger partial charge in [0.25, 0.3) is 0 Å². The van der Waals surface area contributed by atoms with Crippen LogP contribution in [-0.4, -0.2) is 31.2 Å². The summed E-state index contributed by atoms with van der Waals surface area (Å²) in [4.78, 5) is 26.6. The SMILES string of the molecule is O=C(O)S.O=C(O)S.O=C(O)S.[Au]. The van der Waals surface area contributed by atoms with Crippen LogP contribution in [0.3, 0.4) is 0 Å². The fraction of sp³-hybridized carbons (Fsp3) is 0. The second kappa shape index (κ2) is 18.1. The van der Waals surface area contributed by atoms with Crippen LogP contribution in [0, 0.1) is 0 Å². The van der Waals surface area contributed by atoms with Crippen LogP contribution in [0.15, 0.2) is 0 Å². The Hall–Kier alpha value is 0.200. The van der Waals surface area contributed by atoms with E-state index in [9.17, 15) is 0 Å². The van der Waals surface area contributed by atoms with E-state index in [2.05, 4.69) is 37.9 Å². The number of thiol groups is 3. The van der Waals surface area contributed by atoms with Crippen molar-refractivity contribution < 1.29 is 52.1 Å². The zero-order valence-electron chi connectivity index (χ0n) is 5.71. The monoisotopic (exact) mass is 431 g/mol. The summed E-state index contributed by atoms with van der Waals surface area (Å²) in [6.45, 7) is 0. The molecule has 0 atom stereocenters. The van der Waals surface area contributed by atoms with Gasteiger partial charge in [-0.05, 0) is 0 Å². The largest absolute Gasteiger partial charge is 0.473 e. The molecule has 1 radical (unpaired) electrons. The second-order valence-corrected chi connectivity index (χ2v) is 2.00. The van der Waals surface area contributed by atoms with E-state index in [1.54, 1.807) is 0 Å². The summed E-state index contributed by atoms with van der Waals surface area (Å²) in [5, 5.41) is 18.4. The maximum atomic E-state index is 8.86. The summed E-state index contributed by atoms with van der Waals surface area (Å²) in [7, 11) is 0. The molecule has 0 aliphatic rings. The van der Waals surface area contributed by atoms with Gasteiger partial charge in [0, 0.05) is 22.4 Å². The third-order valence-corrected chi connectivity index (χ3v) is 0. The minimum Gasteiger partial charge on any atom is -0.473 e. The van der Waals surface area contributed by atoms with Crippen LogP contribution in [0.25, 0.3) is 0 Å². The first-order chi connectivity index (χ1) is 5.20. The molecular weight excluding hydrogens is 425 g/mol. The van der Waals surface area contributed by atoms with E-state index >= 15 is 0 Å². The van der Waals surface area contributed by atoms with Crippen LogP contribution < -0.4 is 0 Å². The smallest absolute Gasteiger partial charge is 0.361 e. The third kappa shape index (κ3) is 31700. The minimum atomic E-state index is -1.14. The summed E-state index contributed by atoms with van der Waals surface area (Å²) in [5.41, 5.74) is 0. The molecule has 0 rings (SSSR count). The third-order valence-electron chi connectivity index (χ3n) is 0. The van der Waals surface area contributed by atoms with Crippen LogP contribution in [0.1, 0.15) is 0 Å². The molecule has 0 saturated carbocycles. The normalized spacial score (nSPS) is 5.77. The summed E-state index contributed by atoms with van der Waals surface area (Å²) < 4.78 is 0. The van der Waals surface area contributed by atoms with Crippen molar-refractivity contribution in [3.63, 3.8) is 0 Å². The van der Waals surface area contributed by atoms with Gasteiger partial charge in [-0.1, -0.05) is 37.9 Å². The van der Waals surface area contributed by atoms with Crippen molar-refractivity contribution in [2.24, 2.45) is 0 Å². The summed E-state index contributed by atoms with van der Waals surface area (Å²) >= 11 is 8.65. The van der Waals surface area contributed by atoms with Crippen molar-refractivity contribution in [1.29, 1.82) is 0 Å². The predicted octanol–water partition coefficient (Wildman–Crippen LogP) is 1.78. The van der Waals surface area contributed by atoms with Crippen LogP contribution >= 0.6 is 37.9 Å². The molecule has 0 aromatic rings. The molecule has 83 valence electrons. The number of carboxylic acid groups (broad SMARTS) is 3. The number of carbonyl (C=O) groups is 3. The van der Waals surface area contributed by atoms with E-state index in [1.807, 2.05) is 0 Å². The van der Waals surface area contributed by atoms with E-state index < -0.39 is 15.9 Å². The van der Waals surface area contributed by atoms with Gasteiger partial charge < -0.3 is 15.3 Å². The molecule has 0 heterocycles. The molecule has 10 heteroatoms. The molecule has 0 spiro atoms.